The highest BCUT2D eigenvalue weighted by molar-refractivity contribution is 6.34. The van der Waals surface area contributed by atoms with Crippen molar-refractivity contribution in [2.24, 2.45) is 28.6 Å². The average molecular weight is 223 g/mol. The Hall–Kier alpha value is -1.39. The van der Waals surface area contributed by atoms with Crippen molar-refractivity contribution >= 4 is 17.5 Å². The zero-order chi connectivity index (χ0) is 11.7. The molecule has 88 valence electrons. The molecule has 16 heavy (non-hydrogen) atoms. The third kappa shape index (κ3) is 2.08. The van der Waals surface area contributed by atoms with Gasteiger partial charge in [-0.25, -0.2) is 5.43 Å². The molecule has 0 aromatic heterocycles. The molecule has 2 saturated carbocycles. The van der Waals surface area contributed by atoms with Crippen LogP contribution in [0.3, 0.4) is 0 Å². The van der Waals surface area contributed by atoms with E-state index in [4.69, 9.17) is 5.73 Å². The molecule has 0 aliphatic heterocycles. The van der Waals surface area contributed by atoms with Gasteiger partial charge in [0, 0.05) is 11.6 Å². The minimum Gasteiger partial charge on any atom is -0.361 e. The Morgan fingerprint density at radius 2 is 2.06 bits per heavy atom. The number of nitrogens with one attached hydrogen (secondary N) is 1. The summed E-state index contributed by atoms with van der Waals surface area (Å²) < 4.78 is 0. The highest BCUT2D eigenvalue weighted by Crippen LogP contribution is 2.48. The lowest BCUT2D eigenvalue weighted by molar-refractivity contribution is -0.137. The zero-order valence-corrected chi connectivity index (χ0v) is 9.40. The highest BCUT2D eigenvalue weighted by Gasteiger charge is 2.40. The Kier molecular flexibility index (Phi) is 2.94. The summed E-state index contributed by atoms with van der Waals surface area (Å²) in [5, 5.41) is 3.96. The molecule has 2 bridgehead atoms. The number of nitrogens with zero attached hydrogens (tertiary/aromatic N) is 1. The van der Waals surface area contributed by atoms with Crippen molar-refractivity contribution in [3.8, 4) is 0 Å². The van der Waals surface area contributed by atoms with Crippen molar-refractivity contribution < 1.29 is 9.59 Å². The molecule has 0 saturated heterocycles. The molecule has 3 N–H and O–H groups in total. The van der Waals surface area contributed by atoms with Gasteiger partial charge in [-0.1, -0.05) is 6.42 Å². The first-order valence-corrected chi connectivity index (χ1v) is 5.72. The maximum Gasteiger partial charge on any atom is 0.329 e. The molecular weight excluding hydrogens is 206 g/mol. The first-order chi connectivity index (χ1) is 7.58. The summed E-state index contributed by atoms with van der Waals surface area (Å²) in [6.07, 6.45) is 5.07. The standard InChI is InChI=1S/C11H17N3O2/c1-6(13-14-11(16)10(12)15)9-5-7-2-3-8(9)4-7/h7-9H,2-5H2,1H3,(H2,12,15)(H,14,16). The van der Waals surface area contributed by atoms with Gasteiger partial charge >= 0.3 is 11.8 Å². The molecule has 0 radical (unpaired) electrons. The van der Waals surface area contributed by atoms with Crippen LogP contribution in [0.4, 0.5) is 0 Å². The molecule has 0 aromatic carbocycles. The number of carbonyl (C=O) groups is 2. The molecule has 2 aliphatic carbocycles. The van der Waals surface area contributed by atoms with E-state index in [0.717, 1.165) is 17.5 Å². The van der Waals surface area contributed by atoms with Gasteiger partial charge in [0.05, 0.1) is 0 Å². The van der Waals surface area contributed by atoms with Gasteiger partial charge in [-0.15, -0.1) is 0 Å². The van der Waals surface area contributed by atoms with Crippen LogP contribution >= 0.6 is 0 Å². The molecule has 2 aliphatic rings. The van der Waals surface area contributed by atoms with Crippen LogP contribution in [-0.4, -0.2) is 17.5 Å². The first-order valence-electron chi connectivity index (χ1n) is 5.72. The van der Waals surface area contributed by atoms with Gasteiger partial charge < -0.3 is 5.73 Å². The van der Waals surface area contributed by atoms with E-state index in [2.05, 4.69) is 10.5 Å². The SMILES string of the molecule is CC(=NNC(=O)C(N)=O)C1CC2CCC1C2. The Morgan fingerprint density at radius 1 is 1.31 bits per heavy atom. The largest absolute Gasteiger partial charge is 0.361 e. The Bertz CT molecular complexity index is 351. The van der Waals surface area contributed by atoms with Crippen LogP contribution in [-0.2, 0) is 9.59 Å². The zero-order valence-electron chi connectivity index (χ0n) is 9.40. The summed E-state index contributed by atoms with van der Waals surface area (Å²) >= 11 is 0. The lowest BCUT2D eigenvalue weighted by Gasteiger charge is -2.20. The molecule has 3 atom stereocenters. The number of hydrazone groups is 1. The number of rotatable bonds is 2. The van der Waals surface area contributed by atoms with Gasteiger partial charge in [0.1, 0.15) is 0 Å². The number of fused-ring (bicyclic) bond motifs is 2. The molecule has 2 fully saturated rings. The number of amides is 2. The van der Waals surface area contributed by atoms with E-state index in [-0.39, 0.29) is 0 Å². The van der Waals surface area contributed by atoms with E-state index in [1.54, 1.807) is 0 Å². The molecule has 2 amide bonds. The molecule has 5 heteroatoms. The van der Waals surface area contributed by atoms with Crippen LogP contribution in [0.2, 0.25) is 0 Å². The van der Waals surface area contributed by atoms with Gasteiger partial charge in [-0.05, 0) is 38.0 Å². The van der Waals surface area contributed by atoms with Crippen LogP contribution in [0, 0.1) is 17.8 Å². The Labute approximate surface area is 94.5 Å². The highest BCUT2D eigenvalue weighted by atomic mass is 16.2. The smallest absolute Gasteiger partial charge is 0.329 e. The van der Waals surface area contributed by atoms with Crippen LogP contribution in [0.25, 0.3) is 0 Å². The monoisotopic (exact) mass is 223 g/mol. The van der Waals surface area contributed by atoms with Gasteiger partial charge in [0.2, 0.25) is 0 Å². The summed E-state index contributed by atoms with van der Waals surface area (Å²) in [7, 11) is 0. The van der Waals surface area contributed by atoms with E-state index in [1.165, 1.54) is 25.7 Å². The first kappa shape index (κ1) is 11.1. The van der Waals surface area contributed by atoms with Gasteiger partial charge in [0.25, 0.3) is 0 Å². The van der Waals surface area contributed by atoms with Crippen molar-refractivity contribution in [3.05, 3.63) is 0 Å². The number of primary amides is 1. The Balaban J connectivity index is 1.92. The van der Waals surface area contributed by atoms with Crippen LogP contribution in [0.1, 0.15) is 32.6 Å². The fourth-order valence-electron chi connectivity index (χ4n) is 3.03. The number of nitrogens with two attached hydrogens (primary N) is 1. The topological polar surface area (TPSA) is 84.6 Å². The van der Waals surface area contributed by atoms with Crippen molar-refractivity contribution in [2.45, 2.75) is 32.6 Å². The van der Waals surface area contributed by atoms with Gasteiger partial charge in [-0.2, -0.15) is 5.10 Å². The summed E-state index contributed by atoms with van der Waals surface area (Å²) in [4.78, 5) is 21.4. The normalized spacial score (nSPS) is 32.8. The van der Waals surface area contributed by atoms with Gasteiger partial charge in [0.15, 0.2) is 0 Å². The van der Waals surface area contributed by atoms with Crippen molar-refractivity contribution in [2.75, 3.05) is 0 Å². The third-order valence-electron chi connectivity index (χ3n) is 3.83. The maximum atomic E-state index is 10.9. The van der Waals surface area contributed by atoms with Crippen LogP contribution in [0.5, 0.6) is 0 Å². The molecule has 0 aromatic rings. The van der Waals surface area contributed by atoms with Crippen molar-refractivity contribution in [3.63, 3.8) is 0 Å². The quantitative estimate of drug-likeness (QED) is 0.403. The molecule has 0 spiro atoms. The Morgan fingerprint density at radius 3 is 2.56 bits per heavy atom. The summed E-state index contributed by atoms with van der Waals surface area (Å²) in [5.41, 5.74) is 7.93. The molecule has 0 heterocycles. The number of hydrogen-bond donors (Lipinski definition) is 2. The fraction of sp³-hybridized carbons (Fsp3) is 0.727. The minimum absolute atomic E-state index is 0.479. The van der Waals surface area contributed by atoms with E-state index < -0.39 is 11.8 Å². The predicted molar refractivity (Wildman–Crippen MR) is 59.4 cm³/mol. The van der Waals surface area contributed by atoms with E-state index >= 15 is 0 Å². The van der Waals surface area contributed by atoms with Crippen LogP contribution < -0.4 is 11.2 Å². The summed E-state index contributed by atoms with van der Waals surface area (Å²) in [5.74, 6) is 0.199. The number of hydrogen-bond acceptors (Lipinski definition) is 3. The summed E-state index contributed by atoms with van der Waals surface area (Å²) in [6, 6.07) is 0. The van der Waals surface area contributed by atoms with Crippen molar-refractivity contribution in [1.82, 2.24) is 5.43 Å². The van der Waals surface area contributed by atoms with E-state index in [0.29, 0.717) is 5.92 Å². The molecule has 3 unspecified atom stereocenters. The van der Waals surface area contributed by atoms with Crippen LogP contribution in [0.15, 0.2) is 5.10 Å². The minimum atomic E-state index is -0.996. The predicted octanol–water partition coefficient (Wildman–Crippen LogP) is 0.400. The second kappa shape index (κ2) is 4.23. The second-order valence-corrected chi connectivity index (χ2v) is 4.84. The third-order valence-corrected chi connectivity index (χ3v) is 3.83. The second-order valence-electron chi connectivity index (χ2n) is 4.84. The molecular formula is C11H17N3O2. The maximum absolute atomic E-state index is 10.9. The summed E-state index contributed by atoms with van der Waals surface area (Å²) in [6.45, 7) is 1.91. The fourth-order valence-corrected chi connectivity index (χ4v) is 3.03. The van der Waals surface area contributed by atoms with E-state index in [9.17, 15) is 9.59 Å². The molecule has 5 nitrogen and oxygen atoms in total. The lowest BCUT2D eigenvalue weighted by Crippen LogP contribution is -2.34. The molecule has 2 rings (SSSR count). The lowest BCUT2D eigenvalue weighted by atomic mass is 9.86. The van der Waals surface area contributed by atoms with Gasteiger partial charge in [-0.3, -0.25) is 9.59 Å². The number of carbonyl (C=O) groups excluding carboxylic acids is 2. The average Bonchev–Trinajstić information content (AvgIpc) is 2.86. The van der Waals surface area contributed by atoms with E-state index in [1.807, 2.05) is 6.92 Å². The van der Waals surface area contributed by atoms with Crippen molar-refractivity contribution in [1.29, 1.82) is 0 Å².